The van der Waals surface area contributed by atoms with Crippen LogP contribution in [0.2, 0.25) is 5.02 Å². The Morgan fingerprint density at radius 1 is 1.08 bits per heavy atom. The lowest BCUT2D eigenvalue weighted by Gasteiger charge is -2.18. The Hall–Kier alpha value is -0.970. The van der Waals surface area contributed by atoms with Crippen LogP contribution < -0.4 is 22.5 Å². The molecule has 0 saturated heterocycles. The quantitative estimate of drug-likeness (QED) is 0.473. The van der Waals surface area contributed by atoms with Gasteiger partial charge in [-0.15, -0.1) is 11.6 Å². The van der Waals surface area contributed by atoms with E-state index < -0.39 is 6.10 Å². The predicted octanol–water partition coefficient (Wildman–Crippen LogP) is 0.537. The molecular weight excluding hydrogens is 381 g/mol. The number of rotatable bonds is 9. The van der Waals surface area contributed by atoms with Gasteiger partial charge in [0.1, 0.15) is 24.5 Å². The fourth-order valence-electron chi connectivity index (χ4n) is 2.40. The summed E-state index contributed by atoms with van der Waals surface area (Å²) in [5.41, 5.74) is 1.95. The highest BCUT2D eigenvalue weighted by Gasteiger charge is 2.18. The highest BCUT2D eigenvalue weighted by atomic mass is 35.5. The molecule has 0 saturated carbocycles. The summed E-state index contributed by atoms with van der Waals surface area (Å²) in [4.78, 5) is 0. The SMILES string of the molecule is CC([NH2+]CCCCl)C(O)c1ccc(OCc2ccc(Cl)cc2)cc1.[Cl-]. The van der Waals surface area contributed by atoms with Crippen molar-refractivity contribution in [3.63, 3.8) is 0 Å². The van der Waals surface area contributed by atoms with Crippen LogP contribution in [0.1, 0.15) is 30.6 Å². The Kier molecular flexibility index (Phi) is 10.2. The van der Waals surface area contributed by atoms with E-state index in [-0.39, 0.29) is 18.4 Å². The van der Waals surface area contributed by atoms with E-state index in [0.29, 0.717) is 17.5 Å². The zero-order valence-electron chi connectivity index (χ0n) is 14.2. The van der Waals surface area contributed by atoms with Crippen molar-refractivity contribution in [3.05, 3.63) is 64.7 Å². The van der Waals surface area contributed by atoms with Gasteiger partial charge in [0.25, 0.3) is 0 Å². The third kappa shape index (κ3) is 7.43. The molecule has 2 aromatic carbocycles. The molecule has 0 aliphatic heterocycles. The van der Waals surface area contributed by atoms with E-state index in [1.54, 1.807) is 0 Å². The largest absolute Gasteiger partial charge is 1.00 e. The van der Waals surface area contributed by atoms with E-state index in [4.69, 9.17) is 27.9 Å². The molecule has 2 aromatic rings. The number of hydrogen-bond donors (Lipinski definition) is 2. The van der Waals surface area contributed by atoms with Crippen LogP contribution in [-0.2, 0) is 6.61 Å². The summed E-state index contributed by atoms with van der Waals surface area (Å²) < 4.78 is 5.76. The number of ether oxygens (including phenoxy) is 1. The summed E-state index contributed by atoms with van der Waals surface area (Å²) in [6.45, 7) is 3.43. The Labute approximate surface area is 165 Å². The Bertz CT molecular complexity index is 605. The van der Waals surface area contributed by atoms with Gasteiger partial charge in [-0.2, -0.15) is 0 Å². The van der Waals surface area contributed by atoms with Crippen molar-refractivity contribution in [1.29, 1.82) is 0 Å². The molecule has 0 heterocycles. The standard InChI is InChI=1S/C19H23Cl2NO2.ClH/c1-14(22-12-2-11-20)19(23)16-5-9-18(10-6-16)24-13-15-3-7-17(21)8-4-15;/h3-10,14,19,22-23H,2,11-13H2,1H3;1H. The van der Waals surface area contributed by atoms with Gasteiger partial charge >= 0.3 is 0 Å². The summed E-state index contributed by atoms with van der Waals surface area (Å²) in [6, 6.07) is 15.3. The monoisotopic (exact) mass is 403 g/mol. The van der Waals surface area contributed by atoms with Crippen LogP contribution in [0.3, 0.4) is 0 Å². The molecule has 0 aliphatic rings. The Morgan fingerprint density at radius 3 is 2.32 bits per heavy atom. The molecule has 2 unspecified atom stereocenters. The van der Waals surface area contributed by atoms with Crippen molar-refractivity contribution >= 4 is 23.2 Å². The van der Waals surface area contributed by atoms with Gasteiger partial charge in [-0.1, -0.05) is 35.9 Å². The van der Waals surface area contributed by atoms with Crippen LogP contribution in [-0.4, -0.2) is 23.6 Å². The second kappa shape index (κ2) is 11.6. The average Bonchev–Trinajstić information content (AvgIpc) is 2.61. The third-order valence-corrected chi connectivity index (χ3v) is 4.43. The van der Waals surface area contributed by atoms with Crippen molar-refractivity contribution in [3.8, 4) is 5.75 Å². The van der Waals surface area contributed by atoms with Gasteiger partial charge in [0.15, 0.2) is 0 Å². The molecule has 0 spiro atoms. The van der Waals surface area contributed by atoms with Gasteiger partial charge in [0, 0.05) is 17.3 Å². The second-order valence-corrected chi connectivity index (χ2v) is 6.67. The molecular formula is C19H24Cl3NO2. The summed E-state index contributed by atoms with van der Waals surface area (Å²) in [5, 5.41) is 13.2. The molecule has 25 heavy (non-hydrogen) atoms. The van der Waals surface area contributed by atoms with E-state index in [1.807, 2.05) is 55.5 Å². The number of alkyl halides is 1. The van der Waals surface area contributed by atoms with Gasteiger partial charge in [-0.3, -0.25) is 0 Å². The molecule has 0 aliphatic carbocycles. The number of hydrogen-bond acceptors (Lipinski definition) is 2. The first-order valence-corrected chi connectivity index (χ1v) is 9.06. The molecule has 0 amide bonds. The maximum atomic E-state index is 10.4. The van der Waals surface area contributed by atoms with E-state index in [0.717, 1.165) is 29.8 Å². The van der Waals surface area contributed by atoms with Gasteiger partial charge in [-0.25, -0.2) is 0 Å². The lowest BCUT2D eigenvalue weighted by Crippen LogP contribution is -3.00. The number of nitrogens with two attached hydrogens (primary N) is 1. The first kappa shape index (κ1) is 22.1. The summed E-state index contributed by atoms with van der Waals surface area (Å²) in [5.74, 6) is 1.43. The normalized spacial score (nSPS) is 13.0. The number of aliphatic hydroxyl groups is 1. The van der Waals surface area contributed by atoms with Crippen LogP contribution in [0.5, 0.6) is 5.75 Å². The Morgan fingerprint density at radius 2 is 1.72 bits per heavy atom. The van der Waals surface area contributed by atoms with E-state index in [9.17, 15) is 5.11 Å². The molecule has 0 aromatic heterocycles. The number of benzene rings is 2. The van der Waals surface area contributed by atoms with Crippen LogP contribution in [0.25, 0.3) is 0 Å². The van der Waals surface area contributed by atoms with E-state index >= 15 is 0 Å². The van der Waals surface area contributed by atoms with Crippen LogP contribution >= 0.6 is 23.2 Å². The molecule has 2 rings (SSSR count). The van der Waals surface area contributed by atoms with Crippen molar-refractivity contribution in [2.45, 2.75) is 32.1 Å². The number of quaternary nitrogens is 1. The lowest BCUT2D eigenvalue weighted by atomic mass is 10.0. The Balaban J connectivity index is 0.00000312. The predicted molar refractivity (Wildman–Crippen MR) is 98.8 cm³/mol. The fourth-order valence-corrected chi connectivity index (χ4v) is 2.68. The van der Waals surface area contributed by atoms with Gasteiger partial charge in [0.2, 0.25) is 0 Å². The van der Waals surface area contributed by atoms with E-state index in [1.165, 1.54) is 0 Å². The minimum Gasteiger partial charge on any atom is -1.00 e. The maximum absolute atomic E-state index is 10.4. The first-order chi connectivity index (χ1) is 11.6. The van der Waals surface area contributed by atoms with Crippen molar-refractivity contribution in [2.75, 3.05) is 12.4 Å². The zero-order chi connectivity index (χ0) is 17.4. The smallest absolute Gasteiger partial charge is 0.130 e. The molecule has 3 nitrogen and oxygen atoms in total. The minimum absolute atomic E-state index is 0. The van der Waals surface area contributed by atoms with Crippen molar-refractivity contribution in [1.82, 2.24) is 0 Å². The zero-order valence-corrected chi connectivity index (χ0v) is 16.4. The topological polar surface area (TPSA) is 46.1 Å². The third-order valence-electron chi connectivity index (χ3n) is 3.91. The number of aliphatic hydroxyl groups excluding tert-OH is 1. The van der Waals surface area contributed by atoms with Crippen LogP contribution in [0, 0.1) is 0 Å². The summed E-state index contributed by atoms with van der Waals surface area (Å²) in [7, 11) is 0. The highest BCUT2D eigenvalue weighted by Crippen LogP contribution is 2.20. The number of halogens is 3. The van der Waals surface area contributed by atoms with Crippen molar-refractivity contribution < 1.29 is 27.6 Å². The van der Waals surface area contributed by atoms with Crippen molar-refractivity contribution in [2.24, 2.45) is 0 Å². The summed E-state index contributed by atoms with van der Waals surface area (Å²) >= 11 is 11.5. The van der Waals surface area contributed by atoms with Gasteiger partial charge < -0.3 is 27.6 Å². The molecule has 3 N–H and O–H groups in total. The molecule has 2 atom stereocenters. The first-order valence-electron chi connectivity index (χ1n) is 8.14. The fraction of sp³-hybridized carbons (Fsp3) is 0.368. The minimum atomic E-state index is -0.509. The molecule has 0 bridgehead atoms. The molecule has 138 valence electrons. The molecule has 0 radical (unpaired) electrons. The second-order valence-electron chi connectivity index (χ2n) is 5.86. The molecule has 6 heteroatoms. The van der Waals surface area contributed by atoms with Crippen LogP contribution in [0.15, 0.2) is 48.5 Å². The lowest BCUT2D eigenvalue weighted by molar-refractivity contribution is -0.694. The van der Waals surface area contributed by atoms with E-state index in [2.05, 4.69) is 5.32 Å². The van der Waals surface area contributed by atoms with Crippen LogP contribution in [0.4, 0.5) is 0 Å². The highest BCUT2D eigenvalue weighted by molar-refractivity contribution is 6.30. The van der Waals surface area contributed by atoms with Gasteiger partial charge in [-0.05, 0) is 42.3 Å². The molecule has 0 fully saturated rings. The summed E-state index contributed by atoms with van der Waals surface area (Å²) in [6.07, 6.45) is 0.432. The maximum Gasteiger partial charge on any atom is 0.130 e. The average molecular weight is 405 g/mol. The van der Waals surface area contributed by atoms with Gasteiger partial charge in [0.05, 0.1) is 6.54 Å².